The fraction of sp³-hybridized carbons (Fsp3) is 0.125. The molecule has 3 heterocycles. The summed E-state index contributed by atoms with van der Waals surface area (Å²) in [5.74, 6) is 1.15. The maximum atomic E-state index is 11.4. The second-order valence-electron chi connectivity index (χ2n) is 5.44. The third-order valence-corrected chi connectivity index (χ3v) is 4.80. The fourth-order valence-corrected chi connectivity index (χ4v) is 3.43. The fourth-order valence-electron chi connectivity index (χ4n) is 2.64. The van der Waals surface area contributed by atoms with Gasteiger partial charge in [-0.05, 0) is 29.8 Å². The number of quaternary nitrogens is 1. The molecule has 0 bridgehead atoms. The summed E-state index contributed by atoms with van der Waals surface area (Å²) in [5.41, 5.74) is 8.00. The Labute approximate surface area is 136 Å². The van der Waals surface area contributed by atoms with Crippen LogP contribution in [-0.4, -0.2) is 14.8 Å². The van der Waals surface area contributed by atoms with E-state index in [1.54, 1.807) is 0 Å². The van der Waals surface area contributed by atoms with Gasteiger partial charge in [-0.2, -0.15) is 15.2 Å². The Morgan fingerprint density at radius 1 is 1.35 bits per heavy atom. The molecule has 2 aromatic heterocycles. The molecule has 3 aromatic rings. The van der Waals surface area contributed by atoms with Crippen LogP contribution >= 0.6 is 11.3 Å². The molecule has 4 N–H and O–H groups in total. The first-order valence-corrected chi connectivity index (χ1v) is 8.17. The maximum absolute atomic E-state index is 11.4. The van der Waals surface area contributed by atoms with E-state index in [2.05, 4.69) is 28.5 Å². The first-order valence-electron chi connectivity index (χ1n) is 7.35. The van der Waals surface area contributed by atoms with E-state index in [-0.39, 0.29) is 10.8 Å². The quantitative estimate of drug-likeness (QED) is 0.635. The number of nitrogens with zero attached hydrogens (tertiary/aromatic N) is 2. The summed E-state index contributed by atoms with van der Waals surface area (Å²) in [6.07, 6.45) is 7.78. The van der Waals surface area contributed by atoms with Gasteiger partial charge in [-0.25, -0.2) is 5.43 Å². The van der Waals surface area contributed by atoms with Crippen molar-refractivity contribution in [3.8, 4) is 0 Å². The number of aromatic amines is 1. The Balaban J connectivity index is 1.66. The predicted octanol–water partition coefficient (Wildman–Crippen LogP) is 1.33. The molecule has 0 saturated heterocycles. The first-order chi connectivity index (χ1) is 11.2. The topological polar surface area (TPSA) is 79.3 Å². The molecular formula is C16H16N5OS+. The molecule has 1 aliphatic rings. The number of benzene rings is 1. The SMILES string of the molecule is CC(c1ccc2[nH]c(=O)sc2c1)c1ccn(C2=CC=CN[NH2+]2)n1. The van der Waals surface area contributed by atoms with E-state index in [4.69, 9.17) is 0 Å². The van der Waals surface area contributed by atoms with Crippen molar-refractivity contribution in [3.63, 3.8) is 0 Å². The van der Waals surface area contributed by atoms with Crippen LogP contribution in [0.5, 0.6) is 0 Å². The van der Waals surface area contributed by atoms with Crippen molar-refractivity contribution < 1.29 is 5.43 Å². The summed E-state index contributed by atoms with van der Waals surface area (Å²) < 4.78 is 2.84. The smallest absolute Gasteiger partial charge is 0.305 e. The van der Waals surface area contributed by atoms with Gasteiger partial charge in [0, 0.05) is 24.4 Å². The van der Waals surface area contributed by atoms with E-state index in [0.717, 1.165) is 27.3 Å². The summed E-state index contributed by atoms with van der Waals surface area (Å²) in [7, 11) is 0. The molecule has 1 aliphatic heterocycles. The molecule has 0 fully saturated rings. The monoisotopic (exact) mass is 326 g/mol. The zero-order valence-electron chi connectivity index (χ0n) is 12.5. The minimum Gasteiger partial charge on any atom is -0.312 e. The minimum absolute atomic E-state index is 0.0191. The van der Waals surface area contributed by atoms with Gasteiger partial charge in [-0.15, -0.1) is 0 Å². The minimum atomic E-state index is -0.0191. The van der Waals surface area contributed by atoms with Crippen molar-refractivity contribution in [1.82, 2.24) is 20.2 Å². The molecule has 1 unspecified atom stereocenters. The number of nitrogens with one attached hydrogen (secondary N) is 2. The van der Waals surface area contributed by atoms with E-state index in [0.29, 0.717) is 0 Å². The molecule has 0 radical (unpaired) electrons. The summed E-state index contributed by atoms with van der Waals surface area (Å²) in [6, 6.07) is 8.10. The molecule has 0 amide bonds. The second-order valence-corrected chi connectivity index (χ2v) is 6.45. The van der Waals surface area contributed by atoms with Gasteiger partial charge >= 0.3 is 4.87 Å². The van der Waals surface area contributed by atoms with Crippen molar-refractivity contribution in [1.29, 1.82) is 0 Å². The normalized spacial score (nSPS) is 15.4. The molecule has 0 spiro atoms. The number of hydrogen-bond acceptors (Lipinski definition) is 4. The Hall–Kier alpha value is -2.64. The predicted molar refractivity (Wildman–Crippen MR) is 90.7 cm³/mol. The highest BCUT2D eigenvalue weighted by atomic mass is 32.1. The van der Waals surface area contributed by atoms with E-state index >= 15 is 0 Å². The summed E-state index contributed by atoms with van der Waals surface area (Å²) in [4.78, 5) is 14.3. The summed E-state index contributed by atoms with van der Waals surface area (Å²) >= 11 is 1.24. The average molecular weight is 326 g/mol. The van der Waals surface area contributed by atoms with Gasteiger partial charge in [-0.1, -0.05) is 24.3 Å². The highest BCUT2D eigenvalue weighted by Gasteiger charge is 2.15. The van der Waals surface area contributed by atoms with Crippen LogP contribution in [0.2, 0.25) is 0 Å². The number of rotatable bonds is 3. The Morgan fingerprint density at radius 3 is 3.09 bits per heavy atom. The summed E-state index contributed by atoms with van der Waals surface area (Å²) in [6.45, 7) is 2.13. The number of thiazole rings is 1. The molecule has 4 rings (SSSR count). The van der Waals surface area contributed by atoms with Crippen molar-refractivity contribution in [2.45, 2.75) is 12.8 Å². The van der Waals surface area contributed by atoms with Crippen LogP contribution in [0.25, 0.3) is 16.0 Å². The van der Waals surface area contributed by atoms with E-state index in [1.165, 1.54) is 11.3 Å². The van der Waals surface area contributed by atoms with Gasteiger partial charge in [0.05, 0.1) is 15.9 Å². The largest absolute Gasteiger partial charge is 0.312 e. The van der Waals surface area contributed by atoms with Crippen LogP contribution in [0.4, 0.5) is 0 Å². The van der Waals surface area contributed by atoms with Crippen LogP contribution in [0.1, 0.15) is 24.1 Å². The van der Waals surface area contributed by atoms with Crippen LogP contribution in [-0.2, 0) is 0 Å². The number of allylic oxidation sites excluding steroid dienone is 2. The molecule has 6 nitrogen and oxygen atoms in total. The lowest BCUT2D eigenvalue weighted by Crippen LogP contribution is -2.90. The maximum Gasteiger partial charge on any atom is 0.305 e. The molecule has 1 aromatic carbocycles. The van der Waals surface area contributed by atoms with E-state index < -0.39 is 0 Å². The van der Waals surface area contributed by atoms with Crippen LogP contribution in [0, 0.1) is 0 Å². The Kier molecular flexibility index (Phi) is 3.36. The van der Waals surface area contributed by atoms with E-state index in [9.17, 15) is 4.79 Å². The summed E-state index contributed by atoms with van der Waals surface area (Å²) in [5, 5.41) is 4.67. The van der Waals surface area contributed by atoms with Crippen molar-refractivity contribution in [2.75, 3.05) is 0 Å². The molecule has 7 heteroatoms. The standard InChI is InChI=1S/C16H15N5OS/c1-10(11-4-5-13-14(9-11)23-16(22)18-13)12-6-8-21(20-12)15-3-2-7-17-19-15/h2-10,17,19H,1H3,(H,18,22)/p+1. The lowest BCUT2D eigenvalue weighted by Gasteiger charge is -2.10. The van der Waals surface area contributed by atoms with Gasteiger partial charge in [-0.3, -0.25) is 4.79 Å². The number of nitrogens with two attached hydrogens (primary N) is 1. The number of hydrogen-bond donors (Lipinski definition) is 3. The highest BCUT2D eigenvalue weighted by Crippen LogP contribution is 2.26. The Morgan fingerprint density at radius 2 is 2.26 bits per heavy atom. The lowest BCUT2D eigenvalue weighted by molar-refractivity contribution is -0.622. The zero-order chi connectivity index (χ0) is 15.8. The lowest BCUT2D eigenvalue weighted by atomic mass is 9.98. The number of H-pyrrole nitrogens is 1. The zero-order valence-corrected chi connectivity index (χ0v) is 13.3. The second kappa shape index (κ2) is 5.53. The molecule has 1 atom stereocenters. The van der Waals surface area contributed by atoms with Gasteiger partial charge in [0.2, 0.25) is 5.82 Å². The average Bonchev–Trinajstić information content (AvgIpc) is 3.20. The third kappa shape index (κ3) is 2.60. The molecule has 0 aliphatic carbocycles. The van der Waals surface area contributed by atoms with Gasteiger partial charge in [0.15, 0.2) is 0 Å². The molecule has 116 valence electrons. The van der Waals surface area contributed by atoms with Crippen molar-refractivity contribution in [3.05, 3.63) is 69.7 Å². The molecule has 23 heavy (non-hydrogen) atoms. The van der Waals surface area contributed by atoms with Crippen LogP contribution in [0.3, 0.4) is 0 Å². The van der Waals surface area contributed by atoms with Crippen LogP contribution < -0.4 is 15.7 Å². The third-order valence-electron chi connectivity index (χ3n) is 3.95. The van der Waals surface area contributed by atoms with Gasteiger partial charge in [0.1, 0.15) is 0 Å². The van der Waals surface area contributed by atoms with E-state index in [1.807, 2.05) is 52.9 Å². The van der Waals surface area contributed by atoms with Crippen molar-refractivity contribution in [2.24, 2.45) is 0 Å². The van der Waals surface area contributed by atoms with Gasteiger partial charge in [0.25, 0.3) is 0 Å². The van der Waals surface area contributed by atoms with Gasteiger partial charge < -0.3 is 4.98 Å². The highest BCUT2D eigenvalue weighted by molar-refractivity contribution is 7.16. The van der Waals surface area contributed by atoms with Crippen LogP contribution in [0.15, 0.2) is 53.6 Å². The number of fused-ring (bicyclic) bond motifs is 1. The first kappa shape index (κ1) is 14.0. The van der Waals surface area contributed by atoms with Crippen molar-refractivity contribution >= 4 is 27.4 Å². The molecular weight excluding hydrogens is 310 g/mol. The Bertz CT molecular complexity index is 978. The number of aromatic nitrogens is 3. The molecule has 0 saturated carbocycles.